The maximum atomic E-state index is 4.21. The van der Waals surface area contributed by atoms with Gasteiger partial charge in [0, 0.05) is 0 Å². The first-order valence-corrected chi connectivity index (χ1v) is 4.10. The zero-order valence-electron chi connectivity index (χ0n) is 7.37. The lowest BCUT2D eigenvalue weighted by Gasteiger charge is -1.98. The van der Waals surface area contributed by atoms with Crippen molar-refractivity contribution < 1.29 is 4.68 Å². The van der Waals surface area contributed by atoms with E-state index in [4.69, 9.17) is 0 Å². The summed E-state index contributed by atoms with van der Waals surface area (Å²) >= 11 is 4.21. The van der Waals surface area contributed by atoms with Crippen LogP contribution < -0.4 is 4.68 Å². The summed E-state index contributed by atoms with van der Waals surface area (Å²) in [5.74, 6) is 1.67. The van der Waals surface area contributed by atoms with Crippen LogP contribution in [-0.4, -0.2) is 9.67 Å². The number of hydrogen-bond acceptors (Lipinski definition) is 2. The van der Waals surface area contributed by atoms with Crippen molar-refractivity contribution in [3.8, 4) is 0 Å². The molecule has 0 saturated heterocycles. The number of thiol groups is 1. The summed E-state index contributed by atoms with van der Waals surface area (Å²) in [7, 11) is 3.92. The fourth-order valence-corrected chi connectivity index (χ4v) is 1.57. The summed E-state index contributed by atoms with van der Waals surface area (Å²) in [6, 6.07) is 0. The van der Waals surface area contributed by atoms with E-state index in [1.54, 1.807) is 0 Å². The van der Waals surface area contributed by atoms with Gasteiger partial charge >= 0.3 is 0 Å². The van der Waals surface area contributed by atoms with Crippen LogP contribution >= 0.6 is 12.6 Å². The second-order valence-electron chi connectivity index (χ2n) is 3.00. The van der Waals surface area contributed by atoms with E-state index in [-0.39, 0.29) is 0 Å². The van der Waals surface area contributed by atoms with Crippen molar-refractivity contribution in [1.82, 2.24) is 9.67 Å². The van der Waals surface area contributed by atoms with E-state index in [1.807, 2.05) is 23.3 Å². The molecule has 62 valence electrons. The predicted octanol–water partition coefficient (Wildman–Crippen LogP) is 0.657. The van der Waals surface area contributed by atoms with Crippen LogP contribution in [0.3, 0.4) is 0 Å². The van der Waals surface area contributed by atoms with Gasteiger partial charge in [0.2, 0.25) is 0 Å². The number of nitrogens with zero attached hydrogens (tertiary/aromatic N) is 3. The van der Waals surface area contributed by atoms with E-state index in [0.29, 0.717) is 5.92 Å². The second-order valence-corrected chi connectivity index (χ2v) is 3.40. The lowest BCUT2D eigenvalue weighted by molar-refractivity contribution is -0.738. The Balaban J connectivity index is 3.22. The molecule has 0 saturated carbocycles. The van der Waals surface area contributed by atoms with E-state index in [1.165, 1.54) is 5.82 Å². The minimum absolute atomic E-state index is 0.485. The number of hydrogen-bond donors (Lipinski definition) is 1. The molecule has 0 N–H and O–H groups in total. The molecule has 1 rings (SSSR count). The molecule has 0 aliphatic rings. The molecule has 1 aromatic rings. The number of rotatable bonds is 1. The van der Waals surface area contributed by atoms with Crippen molar-refractivity contribution in [3.05, 3.63) is 5.82 Å². The van der Waals surface area contributed by atoms with Crippen molar-refractivity contribution in [2.75, 3.05) is 0 Å². The molecule has 3 nitrogen and oxygen atoms in total. The lowest BCUT2D eigenvalue weighted by Crippen LogP contribution is -2.36. The van der Waals surface area contributed by atoms with Crippen molar-refractivity contribution in [3.63, 3.8) is 0 Å². The van der Waals surface area contributed by atoms with Gasteiger partial charge in [0.25, 0.3) is 11.0 Å². The minimum Gasteiger partial charge on any atom is -0.207 e. The maximum absolute atomic E-state index is 4.21. The standard InChI is InChI=1S/C7H13N3S/c1-5(2)6-9(3)7(11)8-10(6)4/h5H,1-4H3/p+1. The van der Waals surface area contributed by atoms with Gasteiger partial charge in [-0.1, -0.05) is 26.5 Å². The molecule has 0 atom stereocenters. The highest BCUT2D eigenvalue weighted by Crippen LogP contribution is 2.11. The van der Waals surface area contributed by atoms with Gasteiger partial charge in [0.05, 0.1) is 13.0 Å². The average Bonchev–Trinajstić information content (AvgIpc) is 2.07. The Kier molecular flexibility index (Phi) is 2.23. The summed E-state index contributed by atoms with van der Waals surface area (Å²) in [6.07, 6.45) is 0. The Morgan fingerprint density at radius 2 is 2.09 bits per heavy atom. The highest BCUT2D eigenvalue weighted by molar-refractivity contribution is 7.80. The molecule has 0 radical (unpaired) electrons. The second kappa shape index (κ2) is 2.85. The van der Waals surface area contributed by atoms with Crippen LogP contribution in [0.5, 0.6) is 0 Å². The third kappa shape index (κ3) is 1.40. The highest BCUT2D eigenvalue weighted by Gasteiger charge is 2.20. The van der Waals surface area contributed by atoms with Crippen molar-refractivity contribution in [1.29, 1.82) is 0 Å². The fraction of sp³-hybridized carbons (Fsp3) is 0.714. The van der Waals surface area contributed by atoms with Crippen molar-refractivity contribution in [2.45, 2.75) is 24.9 Å². The molecule has 0 aliphatic carbocycles. The smallest absolute Gasteiger partial charge is 0.207 e. The van der Waals surface area contributed by atoms with Crippen LogP contribution in [0.1, 0.15) is 25.6 Å². The molecule has 1 aromatic heterocycles. The van der Waals surface area contributed by atoms with E-state index in [0.717, 1.165) is 5.16 Å². The maximum Gasteiger partial charge on any atom is 0.291 e. The Bertz CT molecular complexity index is 265. The Morgan fingerprint density at radius 3 is 2.27 bits per heavy atom. The monoisotopic (exact) mass is 172 g/mol. The molecule has 0 aromatic carbocycles. The first-order chi connectivity index (χ1) is 5.04. The summed E-state index contributed by atoms with van der Waals surface area (Å²) in [6.45, 7) is 4.29. The van der Waals surface area contributed by atoms with E-state index >= 15 is 0 Å². The summed E-state index contributed by atoms with van der Waals surface area (Å²) in [5, 5.41) is 4.94. The van der Waals surface area contributed by atoms with Crippen LogP contribution in [-0.2, 0) is 14.1 Å². The number of aromatic nitrogens is 3. The molecule has 0 spiro atoms. The Hall–Kier alpha value is -0.510. The summed E-state index contributed by atoms with van der Waals surface area (Å²) < 4.78 is 3.86. The molecule has 0 aliphatic heterocycles. The van der Waals surface area contributed by atoms with E-state index in [9.17, 15) is 0 Å². The molecule has 1 heterocycles. The van der Waals surface area contributed by atoms with Gasteiger partial charge in [-0.25, -0.2) is 4.57 Å². The molecular weight excluding hydrogens is 158 g/mol. The molecule has 11 heavy (non-hydrogen) atoms. The first kappa shape index (κ1) is 8.59. The number of aryl methyl sites for hydroxylation is 1. The summed E-state index contributed by atoms with van der Waals surface area (Å²) in [5.41, 5.74) is 0. The first-order valence-electron chi connectivity index (χ1n) is 3.66. The van der Waals surface area contributed by atoms with Crippen molar-refractivity contribution in [2.24, 2.45) is 14.1 Å². The zero-order valence-corrected chi connectivity index (χ0v) is 8.26. The van der Waals surface area contributed by atoms with Gasteiger partial charge in [0.1, 0.15) is 7.05 Å². The van der Waals surface area contributed by atoms with Gasteiger partial charge < -0.3 is 0 Å². The quantitative estimate of drug-likeness (QED) is 0.488. The fourth-order valence-electron chi connectivity index (χ4n) is 1.33. The summed E-state index contributed by atoms with van der Waals surface area (Å²) in [4.78, 5) is 0. The van der Waals surface area contributed by atoms with Crippen LogP contribution in [0, 0.1) is 0 Å². The largest absolute Gasteiger partial charge is 0.291 e. The van der Waals surface area contributed by atoms with Gasteiger partial charge in [-0.2, -0.15) is 0 Å². The molecule has 4 heteroatoms. The average molecular weight is 172 g/mol. The van der Waals surface area contributed by atoms with Crippen molar-refractivity contribution >= 4 is 12.6 Å². The minimum atomic E-state index is 0.485. The molecule has 0 amide bonds. The molecular formula is C7H14N3S+. The molecule has 0 fully saturated rings. The van der Waals surface area contributed by atoms with E-state index in [2.05, 4.69) is 31.6 Å². The lowest BCUT2D eigenvalue weighted by atomic mass is 10.2. The van der Waals surface area contributed by atoms with Crippen LogP contribution in [0.4, 0.5) is 0 Å². The highest BCUT2D eigenvalue weighted by atomic mass is 32.1. The predicted molar refractivity (Wildman–Crippen MR) is 45.7 cm³/mol. The van der Waals surface area contributed by atoms with Gasteiger partial charge in [-0.05, 0) is 5.10 Å². The molecule has 0 bridgehead atoms. The Morgan fingerprint density at radius 1 is 1.55 bits per heavy atom. The third-order valence-corrected chi connectivity index (χ3v) is 2.12. The third-order valence-electron chi connectivity index (χ3n) is 1.73. The Labute approximate surface area is 72.4 Å². The van der Waals surface area contributed by atoms with Crippen LogP contribution in [0.25, 0.3) is 0 Å². The zero-order chi connectivity index (χ0) is 8.59. The normalized spacial score (nSPS) is 11.1. The topological polar surface area (TPSA) is 21.7 Å². The van der Waals surface area contributed by atoms with Crippen LogP contribution in [0.15, 0.2) is 5.16 Å². The van der Waals surface area contributed by atoms with Gasteiger partial charge in [-0.3, -0.25) is 0 Å². The van der Waals surface area contributed by atoms with Gasteiger partial charge in [-0.15, -0.1) is 4.68 Å². The SMILES string of the molecule is CC(C)c1n(C)c(S)n[n+]1C. The van der Waals surface area contributed by atoms with Gasteiger partial charge in [0.15, 0.2) is 0 Å². The van der Waals surface area contributed by atoms with E-state index < -0.39 is 0 Å². The molecule has 0 unspecified atom stereocenters. The van der Waals surface area contributed by atoms with Crippen LogP contribution in [0.2, 0.25) is 0 Å².